The lowest BCUT2D eigenvalue weighted by Crippen LogP contribution is -2.30. The molecule has 0 aliphatic rings. The highest BCUT2D eigenvalue weighted by Crippen LogP contribution is 2.21. The number of rotatable bonds is 9. The van der Waals surface area contributed by atoms with E-state index in [1.54, 1.807) is 0 Å². The molecular formula is C17H31N3. The minimum Gasteiger partial charge on any atom is -0.372 e. The first kappa shape index (κ1) is 17.0. The molecule has 0 fully saturated rings. The Bertz CT molecular complexity index is 386. The normalized spacial score (nSPS) is 11.1. The van der Waals surface area contributed by atoms with Gasteiger partial charge in [0.25, 0.3) is 0 Å². The van der Waals surface area contributed by atoms with Crippen LogP contribution in [0.25, 0.3) is 0 Å². The maximum absolute atomic E-state index is 5.90. The van der Waals surface area contributed by atoms with Gasteiger partial charge >= 0.3 is 0 Å². The highest BCUT2D eigenvalue weighted by molar-refractivity contribution is 5.54. The maximum Gasteiger partial charge on any atom is 0.0411 e. The molecule has 114 valence electrons. The second-order valence-electron chi connectivity index (χ2n) is 5.30. The van der Waals surface area contributed by atoms with Gasteiger partial charge in [0.2, 0.25) is 0 Å². The van der Waals surface area contributed by atoms with Crippen LogP contribution in [-0.4, -0.2) is 37.6 Å². The fourth-order valence-corrected chi connectivity index (χ4v) is 2.66. The zero-order valence-electron chi connectivity index (χ0n) is 13.7. The molecule has 1 aromatic rings. The van der Waals surface area contributed by atoms with E-state index in [0.717, 1.165) is 26.2 Å². The molecule has 0 aliphatic carbocycles. The average molecular weight is 277 g/mol. The van der Waals surface area contributed by atoms with Gasteiger partial charge in [-0.3, -0.25) is 0 Å². The molecule has 1 aromatic carbocycles. The Morgan fingerprint density at radius 1 is 1.00 bits per heavy atom. The van der Waals surface area contributed by atoms with E-state index in [1.165, 1.54) is 29.8 Å². The van der Waals surface area contributed by atoms with Crippen LogP contribution in [-0.2, 0) is 6.54 Å². The summed E-state index contributed by atoms with van der Waals surface area (Å²) in [7, 11) is 0. The monoisotopic (exact) mass is 277 g/mol. The molecule has 0 bridgehead atoms. The van der Waals surface area contributed by atoms with E-state index < -0.39 is 0 Å². The van der Waals surface area contributed by atoms with E-state index in [2.05, 4.69) is 55.7 Å². The van der Waals surface area contributed by atoms with Crippen LogP contribution < -0.4 is 10.6 Å². The standard InChI is InChI=1S/C17H31N3/c1-5-19(6-2)11-8-12-20(7-3)17-10-9-15(4)13-16(17)14-18/h9-10,13H,5-8,11-12,14,18H2,1-4H3. The van der Waals surface area contributed by atoms with Gasteiger partial charge in [-0.25, -0.2) is 0 Å². The maximum atomic E-state index is 5.90. The van der Waals surface area contributed by atoms with Gasteiger partial charge in [0.15, 0.2) is 0 Å². The SMILES string of the molecule is CCN(CC)CCCN(CC)c1ccc(C)cc1CN. The highest BCUT2D eigenvalue weighted by atomic mass is 15.1. The predicted molar refractivity (Wildman–Crippen MR) is 89.4 cm³/mol. The molecule has 0 saturated heterocycles. The van der Waals surface area contributed by atoms with Crippen LogP contribution in [0.3, 0.4) is 0 Å². The van der Waals surface area contributed by atoms with Crippen molar-refractivity contribution in [3.05, 3.63) is 29.3 Å². The van der Waals surface area contributed by atoms with Gasteiger partial charge in [-0.2, -0.15) is 0 Å². The van der Waals surface area contributed by atoms with Gasteiger partial charge < -0.3 is 15.5 Å². The molecule has 0 unspecified atom stereocenters. The first-order chi connectivity index (χ1) is 9.65. The smallest absolute Gasteiger partial charge is 0.0411 e. The first-order valence-corrected chi connectivity index (χ1v) is 7.93. The van der Waals surface area contributed by atoms with Crippen LogP contribution in [0.1, 0.15) is 38.3 Å². The fourth-order valence-electron chi connectivity index (χ4n) is 2.66. The van der Waals surface area contributed by atoms with Gasteiger partial charge in [-0.05, 0) is 51.5 Å². The van der Waals surface area contributed by atoms with Gasteiger partial charge in [0.05, 0.1) is 0 Å². The zero-order valence-corrected chi connectivity index (χ0v) is 13.7. The number of anilines is 1. The molecule has 1 rings (SSSR count). The Morgan fingerprint density at radius 2 is 1.70 bits per heavy atom. The van der Waals surface area contributed by atoms with Crippen LogP contribution >= 0.6 is 0 Å². The number of hydrogen-bond acceptors (Lipinski definition) is 3. The summed E-state index contributed by atoms with van der Waals surface area (Å²) in [6, 6.07) is 6.61. The van der Waals surface area contributed by atoms with Crippen molar-refractivity contribution in [1.29, 1.82) is 0 Å². The summed E-state index contributed by atoms with van der Waals surface area (Å²) in [5, 5.41) is 0. The molecule has 0 radical (unpaired) electrons. The van der Waals surface area contributed by atoms with Gasteiger partial charge in [-0.1, -0.05) is 31.5 Å². The summed E-state index contributed by atoms with van der Waals surface area (Å²) in [5.74, 6) is 0. The van der Waals surface area contributed by atoms with Crippen LogP contribution in [0.2, 0.25) is 0 Å². The second kappa shape index (κ2) is 8.98. The Balaban J connectivity index is 2.66. The van der Waals surface area contributed by atoms with Crippen molar-refractivity contribution < 1.29 is 0 Å². The molecule has 0 atom stereocenters. The second-order valence-corrected chi connectivity index (χ2v) is 5.30. The lowest BCUT2D eigenvalue weighted by atomic mass is 10.1. The number of nitrogens with two attached hydrogens (primary N) is 1. The molecule has 0 amide bonds. The molecule has 3 nitrogen and oxygen atoms in total. The van der Waals surface area contributed by atoms with E-state index in [1.807, 2.05) is 0 Å². The minimum absolute atomic E-state index is 0.615. The summed E-state index contributed by atoms with van der Waals surface area (Å²) in [5.41, 5.74) is 9.75. The quantitative estimate of drug-likeness (QED) is 0.753. The Hall–Kier alpha value is -1.06. The van der Waals surface area contributed by atoms with Crippen LogP contribution in [0.4, 0.5) is 5.69 Å². The van der Waals surface area contributed by atoms with Crippen molar-refractivity contribution in [3.63, 3.8) is 0 Å². The van der Waals surface area contributed by atoms with Crippen molar-refractivity contribution in [2.75, 3.05) is 37.6 Å². The summed E-state index contributed by atoms with van der Waals surface area (Å²) >= 11 is 0. The van der Waals surface area contributed by atoms with Crippen molar-refractivity contribution in [3.8, 4) is 0 Å². The topological polar surface area (TPSA) is 32.5 Å². The lowest BCUT2D eigenvalue weighted by molar-refractivity contribution is 0.300. The molecule has 0 aliphatic heterocycles. The van der Waals surface area contributed by atoms with Gasteiger partial charge in [0.1, 0.15) is 0 Å². The zero-order chi connectivity index (χ0) is 15.0. The van der Waals surface area contributed by atoms with Crippen LogP contribution in [0.15, 0.2) is 18.2 Å². The van der Waals surface area contributed by atoms with E-state index in [0.29, 0.717) is 6.54 Å². The third-order valence-corrected chi connectivity index (χ3v) is 3.97. The highest BCUT2D eigenvalue weighted by Gasteiger charge is 2.09. The number of nitrogens with zero attached hydrogens (tertiary/aromatic N) is 2. The van der Waals surface area contributed by atoms with Gasteiger partial charge in [-0.15, -0.1) is 0 Å². The molecule has 0 spiro atoms. The molecule has 0 saturated carbocycles. The van der Waals surface area contributed by atoms with E-state index in [4.69, 9.17) is 5.73 Å². The molecule has 0 heterocycles. The Labute approximate surface area is 124 Å². The summed E-state index contributed by atoms with van der Waals surface area (Å²) in [6.07, 6.45) is 1.20. The molecule has 20 heavy (non-hydrogen) atoms. The van der Waals surface area contributed by atoms with Crippen molar-refractivity contribution in [2.24, 2.45) is 5.73 Å². The molecule has 3 heteroatoms. The first-order valence-electron chi connectivity index (χ1n) is 7.93. The van der Waals surface area contributed by atoms with E-state index >= 15 is 0 Å². The van der Waals surface area contributed by atoms with Crippen molar-refractivity contribution in [2.45, 2.75) is 40.7 Å². The van der Waals surface area contributed by atoms with Crippen LogP contribution in [0, 0.1) is 6.92 Å². The van der Waals surface area contributed by atoms with Gasteiger partial charge in [0, 0.05) is 25.3 Å². The molecule has 2 N–H and O–H groups in total. The summed E-state index contributed by atoms with van der Waals surface area (Å²) in [4.78, 5) is 4.93. The number of aryl methyl sites for hydroxylation is 1. The predicted octanol–water partition coefficient (Wildman–Crippen LogP) is 3.01. The van der Waals surface area contributed by atoms with Crippen molar-refractivity contribution >= 4 is 5.69 Å². The summed E-state index contributed by atoms with van der Waals surface area (Å²) in [6.45, 7) is 15.0. The van der Waals surface area contributed by atoms with E-state index in [-0.39, 0.29) is 0 Å². The number of hydrogen-bond donors (Lipinski definition) is 1. The molecular weight excluding hydrogens is 246 g/mol. The molecule has 0 aromatic heterocycles. The van der Waals surface area contributed by atoms with Crippen LogP contribution in [0.5, 0.6) is 0 Å². The fraction of sp³-hybridized carbons (Fsp3) is 0.647. The Morgan fingerprint density at radius 3 is 2.25 bits per heavy atom. The summed E-state index contributed by atoms with van der Waals surface area (Å²) < 4.78 is 0. The third kappa shape index (κ3) is 4.80. The minimum atomic E-state index is 0.615. The average Bonchev–Trinajstić information content (AvgIpc) is 2.48. The van der Waals surface area contributed by atoms with Crippen molar-refractivity contribution in [1.82, 2.24) is 4.90 Å². The third-order valence-electron chi connectivity index (χ3n) is 3.97. The number of benzene rings is 1. The van der Waals surface area contributed by atoms with E-state index in [9.17, 15) is 0 Å². The Kier molecular flexibility index (Phi) is 7.63. The lowest BCUT2D eigenvalue weighted by Gasteiger charge is -2.27. The largest absolute Gasteiger partial charge is 0.372 e.